The Morgan fingerprint density at radius 3 is 2.24 bits per heavy atom. The van der Waals surface area contributed by atoms with Crippen molar-refractivity contribution in [2.24, 2.45) is 22.2 Å². The molecule has 0 spiro atoms. The Bertz CT molecular complexity index is 245. The Morgan fingerprint density at radius 1 is 1.12 bits per heavy atom. The third kappa shape index (κ3) is 4.99. The van der Waals surface area contributed by atoms with Crippen LogP contribution in [0.3, 0.4) is 0 Å². The third-order valence-electron chi connectivity index (χ3n) is 4.16. The van der Waals surface area contributed by atoms with Gasteiger partial charge in [-0.25, -0.2) is 0 Å². The van der Waals surface area contributed by atoms with Crippen molar-refractivity contribution in [3.8, 4) is 0 Å². The van der Waals surface area contributed by atoms with Crippen LogP contribution in [0.4, 0.5) is 0 Å². The molecule has 1 saturated heterocycles. The summed E-state index contributed by atoms with van der Waals surface area (Å²) in [7, 11) is 0. The fourth-order valence-corrected chi connectivity index (χ4v) is 3.72. The van der Waals surface area contributed by atoms with Gasteiger partial charge in [-0.2, -0.15) is 0 Å². The Kier molecular flexibility index (Phi) is 4.34. The van der Waals surface area contributed by atoms with Crippen molar-refractivity contribution in [2.75, 3.05) is 13.1 Å². The first kappa shape index (κ1) is 15.0. The van der Waals surface area contributed by atoms with E-state index in [-0.39, 0.29) is 0 Å². The molecule has 1 heterocycles. The number of hydrogen-bond donors (Lipinski definition) is 1. The highest BCUT2D eigenvalue weighted by Gasteiger charge is 2.37. The SMILES string of the molecule is CC(C)(C)CC(C)(C)C1CCNCC(C)(C)C1. The van der Waals surface area contributed by atoms with Gasteiger partial charge < -0.3 is 5.32 Å². The van der Waals surface area contributed by atoms with E-state index >= 15 is 0 Å². The minimum atomic E-state index is 0.438. The highest BCUT2D eigenvalue weighted by atomic mass is 14.9. The van der Waals surface area contributed by atoms with E-state index < -0.39 is 0 Å². The molecule has 0 aromatic carbocycles. The van der Waals surface area contributed by atoms with E-state index in [1.165, 1.54) is 32.4 Å². The number of hydrogen-bond acceptors (Lipinski definition) is 1. The van der Waals surface area contributed by atoms with Crippen LogP contribution in [0.25, 0.3) is 0 Å². The average Bonchev–Trinajstić information content (AvgIpc) is 2.22. The number of nitrogens with one attached hydrogen (secondary N) is 1. The van der Waals surface area contributed by atoms with Crippen LogP contribution in [0.5, 0.6) is 0 Å². The molecule has 1 aliphatic heterocycles. The van der Waals surface area contributed by atoms with E-state index in [0.717, 1.165) is 5.92 Å². The number of rotatable bonds is 2. The van der Waals surface area contributed by atoms with Crippen LogP contribution in [0.1, 0.15) is 67.7 Å². The lowest BCUT2D eigenvalue weighted by Gasteiger charge is -2.41. The monoisotopic (exact) mass is 239 g/mol. The zero-order valence-electron chi connectivity index (χ0n) is 13.1. The van der Waals surface area contributed by atoms with Crippen LogP contribution >= 0.6 is 0 Å². The first-order valence-corrected chi connectivity index (χ1v) is 7.23. The van der Waals surface area contributed by atoms with E-state index in [2.05, 4.69) is 53.8 Å². The van der Waals surface area contributed by atoms with Gasteiger partial charge in [0, 0.05) is 6.54 Å². The molecule has 0 radical (unpaired) electrons. The van der Waals surface area contributed by atoms with E-state index in [0.29, 0.717) is 16.2 Å². The largest absolute Gasteiger partial charge is 0.316 e. The van der Waals surface area contributed by atoms with Crippen molar-refractivity contribution in [1.82, 2.24) is 5.32 Å². The van der Waals surface area contributed by atoms with Crippen LogP contribution in [0.2, 0.25) is 0 Å². The molecular weight excluding hydrogens is 206 g/mol. The lowest BCUT2D eigenvalue weighted by atomic mass is 9.64. The van der Waals surface area contributed by atoms with Crippen LogP contribution in [-0.2, 0) is 0 Å². The second kappa shape index (κ2) is 4.91. The summed E-state index contributed by atoms with van der Waals surface area (Å²) in [6.45, 7) is 19.3. The van der Waals surface area contributed by atoms with Crippen LogP contribution in [0, 0.1) is 22.2 Å². The fraction of sp³-hybridized carbons (Fsp3) is 1.00. The van der Waals surface area contributed by atoms with Gasteiger partial charge in [-0.1, -0.05) is 48.5 Å². The molecule has 1 N–H and O–H groups in total. The molecule has 0 bridgehead atoms. The quantitative estimate of drug-likeness (QED) is 0.749. The zero-order chi connectivity index (χ0) is 13.3. The molecule has 0 aliphatic carbocycles. The molecule has 1 unspecified atom stereocenters. The first-order valence-electron chi connectivity index (χ1n) is 7.23. The second-order valence-corrected chi connectivity index (χ2v) is 8.76. The maximum Gasteiger partial charge on any atom is 0.000262 e. The summed E-state index contributed by atoms with van der Waals surface area (Å²) in [4.78, 5) is 0. The van der Waals surface area contributed by atoms with Gasteiger partial charge in [0.05, 0.1) is 0 Å². The molecule has 1 rings (SSSR count). The molecule has 0 saturated carbocycles. The molecule has 102 valence electrons. The highest BCUT2D eigenvalue weighted by molar-refractivity contribution is 4.89. The van der Waals surface area contributed by atoms with E-state index in [1.807, 2.05) is 0 Å². The average molecular weight is 239 g/mol. The van der Waals surface area contributed by atoms with Crippen LogP contribution in [-0.4, -0.2) is 13.1 Å². The smallest absolute Gasteiger partial charge is 0.000262 e. The molecule has 1 fully saturated rings. The predicted molar refractivity (Wildman–Crippen MR) is 77.2 cm³/mol. The zero-order valence-corrected chi connectivity index (χ0v) is 13.1. The van der Waals surface area contributed by atoms with Crippen molar-refractivity contribution < 1.29 is 0 Å². The lowest BCUT2D eigenvalue weighted by molar-refractivity contribution is 0.0955. The highest BCUT2D eigenvalue weighted by Crippen LogP contribution is 2.45. The molecule has 1 atom stereocenters. The maximum absolute atomic E-state index is 3.60. The van der Waals surface area contributed by atoms with Gasteiger partial charge in [-0.3, -0.25) is 0 Å². The summed E-state index contributed by atoms with van der Waals surface area (Å²) in [5, 5.41) is 3.60. The van der Waals surface area contributed by atoms with Gasteiger partial charge in [-0.05, 0) is 48.0 Å². The summed E-state index contributed by atoms with van der Waals surface area (Å²) in [6, 6.07) is 0. The Morgan fingerprint density at radius 2 is 1.71 bits per heavy atom. The van der Waals surface area contributed by atoms with Crippen molar-refractivity contribution in [3.05, 3.63) is 0 Å². The molecule has 0 aromatic rings. The second-order valence-electron chi connectivity index (χ2n) is 8.76. The lowest BCUT2D eigenvalue weighted by Crippen LogP contribution is -2.32. The molecule has 1 heteroatoms. The molecule has 0 aromatic heterocycles. The van der Waals surface area contributed by atoms with Crippen LogP contribution in [0.15, 0.2) is 0 Å². The summed E-state index contributed by atoms with van der Waals surface area (Å²) in [6.07, 6.45) is 4.02. The van der Waals surface area contributed by atoms with Gasteiger partial charge in [0.2, 0.25) is 0 Å². The topological polar surface area (TPSA) is 12.0 Å². The third-order valence-corrected chi connectivity index (χ3v) is 4.16. The van der Waals surface area contributed by atoms with E-state index in [4.69, 9.17) is 0 Å². The van der Waals surface area contributed by atoms with Gasteiger partial charge in [0.1, 0.15) is 0 Å². The van der Waals surface area contributed by atoms with Gasteiger partial charge in [-0.15, -0.1) is 0 Å². The first-order chi connectivity index (χ1) is 7.52. The van der Waals surface area contributed by atoms with Crippen molar-refractivity contribution in [2.45, 2.75) is 67.7 Å². The molecule has 0 amide bonds. The van der Waals surface area contributed by atoms with Crippen molar-refractivity contribution >= 4 is 0 Å². The van der Waals surface area contributed by atoms with Gasteiger partial charge in [0.15, 0.2) is 0 Å². The van der Waals surface area contributed by atoms with E-state index in [1.54, 1.807) is 0 Å². The van der Waals surface area contributed by atoms with Gasteiger partial charge in [0.25, 0.3) is 0 Å². The van der Waals surface area contributed by atoms with Crippen molar-refractivity contribution in [3.63, 3.8) is 0 Å². The van der Waals surface area contributed by atoms with E-state index in [9.17, 15) is 0 Å². The minimum absolute atomic E-state index is 0.438. The van der Waals surface area contributed by atoms with Crippen molar-refractivity contribution in [1.29, 1.82) is 0 Å². The Balaban J connectivity index is 2.75. The molecular formula is C16H33N. The standard InChI is InChI=1S/C16H33N/c1-14(2,3)11-16(6,7)13-8-9-17-12-15(4,5)10-13/h13,17H,8-12H2,1-7H3. The maximum atomic E-state index is 3.60. The Hall–Kier alpha value is -0.0400. The van der Waals surface area contributed by atoms with Crippen LogP contribution < -0.4 is 5.32 Å². The summed E-state index contributed by atoms with van der Waals surface area (Å²) in [5.41, 5.74) is 1.35. The predicted octanol–water partition coefficient (Wildman–Crippen LogP) is 4.47. The Labute approximate surface area is 109 Å². The molecule has 17 heavy (non-hydrogen) atoms. The summed E-state index contributed by atoms with van der Waals surface area (Å²) in [5.74, 6) is 0.853. The van der Waals surface area contributed by atoms with Gasteiger partial charge >= 0.3 is 0 Å². The molecule has 1 nitrogen and oxygen atoms in total. The molecule has 1 aliphatic rings. The summed E-state index contributed by atoms with van der Waals surface area (Å²) < 4.78 is 0. The summed E-state index contributed by atoms with van der Waals surface area (Å²) >= 11 is 0. The fourth-order valence-electron chi connectivity index (χ4n) is 3.72. The normalized spacial score (nSPS) is 26.6. The minimum Gasteiger partial charge on any atom is -0.316 e.